The molecule has 2 heterocycles. The van der Waals surface area contributed by atoms with Gasteiger partial charge in [0.15, 0.2) is 5.78 Å². The van der Waals surface area contributed by atoms with E-state index in [2.05, 4.69) is 10.1 Å². The highest BCUT2D eigenvalue weighted by Crippen LogP contribution is 2.23. The van der Waals surface area contributed by atoms with Gasteiger partial charge in [0, 0.05) is 48.0 Å². The summed E-state index contributed by atoms with van der Waals surface area (Å²) in [5, 5.41) is 4.61. The third-order valence-corrected chi connectivity index (χ3v) is 5.65. The second-order valence-electron chi connectivity index (χ2n) is 7.40. The molecule has 1 saturated heterocycles. The molecule has 7 heteroatoms. The second-order valence-corrected chi connectivity index (χ2v) is 7.84. The monoisotopic (exact) mass is 423 g/mol. The first kappa shape index (κ1) is 20.3. The minimum atomic E-state index is -0.0191. The fourth-order valence-corrected chi connectivity index (χ4v) is 3.80. The Morgan fingerprint density at radius 3 is 2.43 bits per heavy atom. The zero-order chi connectivity index (χ0) is 20.9. The minimum Gasteiger partial charge on any atom is -0.343 e. The van der Waals surface area contributed by atoms with Crippen LogP contribution in [0.25, 0.3) is 11.4 Å². The lowest BCUT2D eigenvalue weighted by atomic mass is 9.89. The first-order valence-corrected chi connectivity index (χ1v) is 10.4. The van der Waals surface area contributed by atoms with Crippen LogP contribution in [0, 0.1) is 5.92 Å². The molecule has 1 aliphatic rings. The molecule has 1 aliphatic heterocycles. The number of carbonyl (C=O) groups excluding carboxylic acids is 2. The number of Topliss-reactive ketones (excluding diaryl/α,β-unsaturated/α-hetero) is 1. The zero-order valence-corrected chi connectivity index (χ0v) is 17.2. The van der Waals surface area contributed by atoms with Crippen molar-refractivity contribution in [2.45, 2.75) is 25.7 Å². The van der Waals surface area contributed by atoms with Gasteiger partial charge < -0.3 is 9.42 Å². The SMILES string of the molecule is O=C(c1ccccc1)C1CCN(C(=O)CCc2nc(-c3ccc(Cl)cc3)no2)CC1. The third-order valence-electron chi connectivity index (χ3n) is 5.40. The highest BCUT2D eigenvalue weighted by Gasteiger charge is 2.28. The summed E-state index contributed by atoms with van der Waals surface area (Å²) in [7, 11) is 0. The van der Waals surface area contributed by atoms with Crippen molar-refractivity contribution in [2.24, 2.45) is 5.92 Å². The Hall–Kier alpha value is -2.99. The summed E-state index contributed by atoms with van der Waals surface area (Å²) in [6, 6.07) is 16.5. The molecule has 30 heavy (non-hydrogen) atoms. The fourth-order valence-electron chi connectivity index (χ4n) is 3.67. The summed E-state index contributed by atoms with van der Waals surface area (Å²) in [6.45, 7) is 1.20. The molecule has 1 fully saturated rings. The van der Waals surface area contributed by atoms with Crippen LogP contribution in [0.1, 0.15) is 35.5 Å². The molecular weight excluding hydrogens is 402 g/mol. The van der Waals surface area contributed by atoms with Crippen LogP contribution in [0.2, 0.25) is 5.02 Å². The van der Waals surface area contributed by atoms with Gasteiger partial charge in [-0.2, -0.15) is 4.98 Å². The Morgan fingerprint density at radius 1 is 1.03 bits per heavy atom. The standard InChI is InChI=1S/C23H22ClN3O3/c24-19-8-6-18(7-9-19)23-25-20(30-26-23)10-11-21(28)27-14-12-17(13-15-27)22(29)16-4-2-1-3-5-16/h1-9,17H,10-15H2. The maximum Gasteiger partial charge on any atom is 0.227 e. The normalized spacial score (nSPS) is 14.6. The van der Waals surface area contributed by atoms with Gasteiger partial charge in [-0.25, -0.2) is 0 Å². The summed E-state index contributed by atoms with van der Waals surface area (Å²) in [4.78, 5) is 31.3. The lowest BCUT2D eigenvalue weighted by molar-refractivity contribution is -0.132. The summed E-state index contributed by atoms with van der Waals surface area (Å²) in [6.07, 6.45) is 2.09. The molecule has 0 bridgehead atoms. The van der Waals surface area contributed by atoms with E-state index in [9.17, 15) is 9.59 Å². The van der Waals surface area contributed by atoms with Crippen LogP contribution in [0.15, 0.2) is 59.1 Å². The molecule has 0 spiro atoms. The maximum atomic E-state index is 12.6. The van der Waals surface area contributed by atoms with Gasteiger partial charge in [0.25, 0.3) is 0 Å². The number of hydrogen-bond acceptors (Lipinski definition) is 5. The molecule has 0 radical (unpaired) electrons. The number of aryl methyl sites for hydroxylation is 1. The van der Waals surface area contributed by atoms with Gasteiger partial charge in [0.1, 0.15) is 0 Å². The van der Waals surface area contributed by atoms with Crippen molar-refractivity contribution >= 4 is 23.3 Å². The van der Waals surface area contributed by atoms with Crippen LogP contribution in [0.5, 0.6) is 0 Å². The first-order valence-electron chi connectivity index (χ1n) is 10.1. The highest BCUT2D eigenvalue weighted by molar-refractivity contribution is 6.30. The Kier molecular flexibility index (Phi) is 6.23. The predicted octanol–water partition coefficient (Wildman–Crippen LogP) is 4.44. The average Bonchev–Trinajstić information content (AvgIpc) is 3.27. The zero-order valence-electron chi connectivity index (χ0n) is 16.5. The third kappa shape index (κ3) is 4.76. The number of aromatic nitrogens is 2. The smallest absolute Gasteiger partial charge is 0.227 e. The fraction of sp³-hybridized carbons (Fsp3) is 0.304. The van der Waals surface area contributed by atoms with Crippen LogP contribution in [0.4, 0.5) is 0 Å². The molecule has 6 nitrogen and oxygen atoms in total. The summed E-state index contributed by atoms with van der Waals surface area (Å²) >= 11 is 5.90. The van der Waals surface area contributed by atoms with E-state index in [4.69, 9.17) is 16.1 Å². The van der Waals surface area contributed by atoms with E-state index >= 15 is 0 Å². The number of rotatable bonds is 6. The van der Waals surface area contributed by atoms with E-state index in [1.54, 1.807) is 12.1 Å². The summed E-state index contributed by atoms with van der Waals surface area (Å²) in [5.74, 6) is 1.11. The Morgan fingerprint density at radius 2 is 1.73 bits per heavy atom. The van der Waals surface area contributed by atoms with Crippen molar-refractivity contribution in [3.05, 3.63) is 71.1 Å². The molecule has 0 saturated carbocycles. The van der Waals surface area contributed by atoms with Gasteiger partial charge in [0.05, 0.1) is 0 Å². The molecular formula is C23H22ClN3O3. The van der Waals surface area contributed by atoms with E-state index in [0.717, 1.165) is 11.1 Å². The first-order chi connectivity index (χ1) is 14.6. The van der Waals surface area contributed by atoms with Crippen molar-refractivity contribution in [3.8, 4) is 11.4 Å². The summed E-state index contributed by atoms with van der Waals surface area (Å²) < 4.78 is 5.28. The van der Waals surface area contributed by atoms with Crippen LogP contribution >= 0.6 is 11.6 Å². The Balaban J connectivity index is 1.26. The van der Waals surface area contributed by atoms with Crippen LogP contribution in [0.3, 0.4) is 0 Å². The molecule has 0 N–H and O–H groups in total. The average molecular weight is 424 g/mol. The molecule has 2 aromatic carbocycles. The molecule has 1 amide bonds. The van der Waals surface area contributed by atoms with Crippen molar-refractivity contribution in [2.75, 3.05) is 13.1 Å². The number of nitrogens with zero attached hydrogens (tertiary/aromatic N) is 3. The molecule has 154 valence electrons. The number of piperidine rings is 1. The van der Waals surface area contributed by atoms with E-state index in [-0.39, 0.29) is 17.6 Å². The van der Waals surface area contributed by atoms with Crippen molar-refractivity contribution in [1.29, 1.82) is 0 Å². The van der Waals surface area contributed by atoms with Crippen LogP contribution in [-0.2, 0) is 11.2 Å². The van der Waals surface area contributed by atoms with E-state index in [0.29, 0.717) is 55.5 Å². The predicted molar refractivity (Wildman–Crippen MR) is 113 cm³/mol. The number of hydrogen-bond donors (Lipinski definition) is 0. The van der Waals surface area contributed by atoms with Gasteiger partial charge in [-0.3, -0.25) is 9.59 Å². The summed E-state index contributed by atoms with van der Waals surface area (Å²) in [5.41, 5.74) is 1.56. The molecule has 3 aromatic rings. The lowest BCUT2D eigenvalue weighted by Crippen LogP contribution is -2.40. The van der Waals surface area contributed by atoms with Gasteiger partial charge in [-0.1, -0.05) is 47.1 Å². The van der Waals surface area contributed by atoms with Crippen molar-refractivity contribution in [1.82, 2.24) is 15.0 Å². The Labute approximate surface area is 179 Å². The molecule has 0 atom stereocenters. The van der Waals surface area contributed by atoms with Gasteiger partial charge in [0.2, 0.25) is 17.6 Å². The number of ketones is 1. The quantitative estimate of drug-likeness (QED) is 0.547. The van der Waals surface area contributed by atoms with E-state index < -0.39 is 0 Å². The van der Waals surface area contributed by atoms with Crippen LogP contribution < -0.4 is 0 Å². The van der Waals surface area contributed by atoms with Gasteiger partial charge >= 0.3 is 0 Å². The lowest BCUT2D eigenvalue weighted by Gasteiger charge is -2.31. The number of halogens is 1. The van der Waals surface area contributed by atoms with E-state index in [1.165, 1.54) is 0 Å². The Bertz CT molecular complexity index is 1010. The van der Waals surface area contributed by atoms with E-state index in [1.807, 2.05) is 47.4 Å². The molecule has 1 aromatic heterocycles. The highest BCUT2D eigenvalue weighted by atomic mass is 35.5. The van der Waals surface area contributed by atoms with Crippen molar-refractivity contribution < 1.29 is 14.1 Å². The minimum absolute atomic E-state index is 0.0191. The topological polar surface area (TPSA) is 76.3 Å². The second kappa shape index (κ2) is 9.22. The number of benzene rings is 2. The number of carbonyl (C=O) groups is 2. The van der Waals surface area contributed by atoms with Gasteiger partial charge in [-0.15, -0.1) is 0 Å². The number of amides is 1. The van der Waals surface area contributed by atoms with Gasteiger partial charge in [-0.05, 0) is 37.1 Å². The van der Waals surface area contributed by atoms with Crippen LogP contribution in [-0.4, -0.2) is 39.8 Å². The molecule has 0 aliphatic carbocycles. The van der Waals surface area contributed by atoms with Crippen molar-refractivity contribution in [3.63, 3.8) is 0 Å². The largest absolute Gasteiger partial charge is 0.343 e. The number of likely N-dealkylation sites (tertiary alicyclic amines) is 1. The molecule has 4 rings (SSSR count). The maximum absolute atomic E-state index is 12.6. The molecule has 0 unspecified atom stereocenters.